The Hall–Kier alpha value is -2.38. The standard InChI is InChI=1S/C20H22FN3O3.ClH/c1-20(2,24-19(25)26)12-7-16(11-3-5-13(21)6-4-11)23-17(8-12)27-18-14-9-22-10-15(14)18;/h3-8,14-15,18,22,24H,9-10H2,1-2H3,(H,25,26);1H/t14-,15+,18?;. The van der Waals surface area contributed by atoms with Gasteiger partial charge in [-0.3, -0.25) is 0 Å². The average Bonchev–Trinajstić information content (AvgIpc) is 3.02. The minimum absolute atomic E-state index is 0. The van der Waals surface area contributed by atoms with Crippen LogP contribution in [0.2, 0.25) is 0 Å². The molecule has 3 atom stereocenters. The van der Waals surface area contributed by atoms with E-state index in [-0.39, 0.29) is 24.3 Å². The van der Waals surface area contributed by atoms with Crippen LogP contribution in [-0.4, -0.2) is 35.4 Å². The van der Waals surface area contributed by atoms with Crippen molar-refractivity contribution in [2.24, 2.45) is 11.8 Å². The highest BCUT2D eigenvalue weighted by molar-refractivity contribution is 5.85. The maximum absolute atomic E-state index is 13.3. The first-order chi connectivity index (χ1) is 12.8. The Balaban J connectivity index is 0.00000225. The summed E-state index contributed by atoms with van der Waals surface area (Å²) in [4.78, 5) is 15.8. The van der Waals surface area contributed by atoms with Gasteiger partial charge in [0.2, 0.25) is 5.88 Å². The van der Waals surface area contributed by atoms with Gasteiger partial charge >= 0.3 is 6.09 Å². The highest BCUT2D eigenvalue weighted by atomic mass is 35.5. The quantitative estimate of drug-likeness (QED) is 0.707. The molecular weight excluding hydrogens is 385 g/mol. The van der Waals surface area contributed by atoms with Gasteiger partial charge < -0.3 is 20.5 Å². The zero-order valence-corrected chi connectivity index (χ0v) is 16.4. The Morgan fingerprint density at radius 1 is 1.25 bits per heavy atom. The second-order valence-corrected chi connectivity index (χ2v) is 7.71. The van der Waals surface area contributed by atoms with E-state index in [1.807, 2.05) is 6.07 Å². The summed E-state index contributed by atoms with van der Waals surface area (Å²) in [5, 5.41) is 15.0. The number of ether oxygens (including phenoxy) is 1. The van der Waals surface area contributed by atoms with Crippen molar-refractivity contribution in [3.63, 3.8) is 0 Å². The second kappa shape index (κ2) is 7.56. The number of nitrogens with zero attached hydrogens (tertiary/aromatic N) is 1. The van der Waals surface area contributed by atoms with E-state index in [0.29, 0.717) is 23.4 Å². The van der Waals surface area contributed by atoms with E-state index in [1.165, 1.54) is 12.1 Å². The van der Waals surface area contributed by atoms with E-state index in [1.54, 1.807) is 32.0 Å². The number of hydrogen-bond acceptors (Lipinski definition) is 4. The van der Waals surface area contributed by atoms with Crippen LogP contribution in [0.15, 0.2) is 36.4 Å². The van der Waals surface area contributed by atoms with E-state index in [0.717, 1.165) is 24.2 Å². The molecule has 1 aromatic carbocycles. The van der Waals surface area contributed by atoms with E-state index in [9.17, 15) is 9.18 Å². The third-order valence-corrected chi connectivity index (χ3v) is 5.35. The first-order valence-electron chi connectivity index (χ1n) is 9.00. The van der Waals surface area contributed by atoms with Gasteiger partial charge in [0, 0.05) is 36.6 Å². The lowest BCUT2D eigenvalue weighted by molar-refractivity contribution is 0.182. The molecule has 1 aromatic heterocycles. The number of pyridine rings is 1. The maximum atomic E-state index is 13.3. The maximum Gasteiger partial charge on any atom is 0.405 e. The lowest BCUT2D eigenvalue weighted by Gasteiger charge is -2.26. The molecule has 0 spiro atoms. The van der Waals surface area contributed by atoms with Gasteiger partial charge in [-0.15, -0.1) is 12.4 Å². The number of benzene rings is 1. The van der Waals surface area contributed by atoms with Crippen LogP contribution in [0.5, 0.6) is 5.88 Å². The van der Waals surface area contributed by atoms with Gasteiger partial charge in [-0.05, 0) is 49.7 Å². The fourth-order valence-electron chi connectivity index (χ4n) is 3.71. The lowest BCUT2D eigenvalue weighted by Crippen LogP contribution is -2.40. The number of amides is 1. The van der Waals surface area contributed by atoms with E-state index >= 15 is 0 Å². The number of nitrogens with one attached hydrogen (secondary N) is 2. The molecule has 28 heavy (non-hydrogen) atoms. The van der Waals surface area contributed by atoms with Gasteiger partial charge in [0.1, 0.15) is 11.9 Å². The fraction of sp³-hybridized carbons (Fsp3) is 0.400. The summed E-state index contributed by atoms with van der Waals surface area (Å²) in [5.41, 5.74) is 1.26. The predicted octanol–water partition coefficient (Wildman–Crippen LogP) is 3.41. The van der Waals surface area contributed by atoms with Crippen molar-refractivity contribution in [1.29, 1.82) is 0 Å². The topological polar surface area (TPSA) is 83.5 Å². The summed E-state index contributed by atoms with van der Waals surface area (Å²) in [5.74, 6) is 1.16. The van der Waals surface area contributed by atoms with Crippen LogP contribution >= 0.6 is 12.4 Å². The Kier molecular flexibility index (Phi) is 5.50. The third-order valence-electron chi connectivity index (χ3n) is 5.35. The molecule has 150 valence electrons. The highest BCUT2D eigenvalue weighted by Gasteiger charge is 2.55. The molecule has 2 aliphatic rings. The summed E-state index contributed by atoms with van der Waals surface area (Å²) in [6.07, 6.45) is -0.962. The van der Waals surface area contributed by atoms with E-state index < -0.39 is 11.6 Å². The molecule has 1 aliphatic heterocycles. The van der Waals surface area contributed by atoms with Gasteiger partial charge in [0.05, 0.1) is 11.2 Å². The Bertz CT molecular complexity index is 865. The van der Waals surface area contributed by atoms with Crippen molar-refractivity contribution in [2.75, 3.05) is 13.1 Å². The molecule has 1 saturated heterocycles. The number of halogens is 2. The summed E-state index contributed by atoms with van der Waals surface area (Å²) in [6.45, 7) is 5.46. The Morgan fingerprint density at radius 2 is 1.89 bits per heavy atom. The van der Waals surface area contributed by atoms with Crippen LogP contribution in [0.3, 0.4) is 0 Å². The van der Waals surface area contributed by atoms with Crippen molar-refractivity contribution >= 4 is 18.5 Å². The largest absolute Gasteiger partial charge is 0.474 e. The molecule has 4 rings (SSSR count). The van der Waals surface area contributed by atoms with Crippen molar-refractivity contribution in [2.45, 2.75) is 25.5 Å². The zero-order valence-electron chi connectivity index (χ0n) is 15.6. The molecule has 2 fully saturated rings. The van der Waals surface area contributed by atoms with Crippen molar-refractivity contribution < 1.29 is 19.0 Å². The van der Waals surface area contributed by atoms with E-state index in [2.05, 4.69) is 15.6 Å². The number of piperidine rings is 1. The molecule has 6 nitrogen and oxygen atoms in total. The predicted molar refractivity (Wildman–Crippen MR) is 105 cm³/mol. The third kappa shape index (κ3) is 4.05. The molecule has 1 saturated carbocycles. The van der Waals surface area contributed by atoms with Gasteiger partial charge in [-0.25, -0.2) is 14.2 Å². The highest BCUT2D eigenvalue weighted by Crippen LogP contribution is 2.44. The van der Waals surface area contributed by atoms with Gasteiger partial charge in [0.25, 0.3) is 0 Å². The average molecular weight is 408 g/mol. The molecule has 1 aliphatic carbocycles. The van der Waals surface area contributed by atoms with Crippen molar-refractivity contribution in [1.82, 2.24) is 15.6 Å². The molecular formula is C20H23ClFN3O3. The number of fused-ring (bicyclic) bond motifs is 1. The van der Waals surface area contributed by atoms with Crippen LogP contribution in [-0.2, 0) is 5.54 Å². The Morgan fingerprint density at radius 3 is 2.50 bits per heavy atom. The molecule has 2 heterocycles. The minimum Gasteiger partial charge on any atom is -0.474 e. The SMILES string of the molecule is CC(C)(NC(=O)O)c1cc(OC2[C@H]3CNC[C@@H]23)nc(-c2ccc(F)cc2)c1.Cl. The van der Waals surface area contributed by atoms with Gasteiger partial charge in [-0.1, -0.05) is 0 Å². The van der Waals surface area contributed by atoms with Crippen LogP contribution in [0.1, 0.15) is 19.4 Å². The Labute approximate surface area is 168 Å². The van der Waals surface area contributed by atoms with Crippen molar-refractivity contribution in [3.8, 4) is 17.1 Å². The van der Waals surface area contributed by atoms with Crippen LogP contribution in [0.25, 0.3) is 11.3 Å². The molecule has 1 unspecified atom stereocenters. The molecule has 0 bridgehead atoms. The number of aromatic nitrogens is 1. The molecule has 0 radical (unpaired) electrons. The molecule has 1 amide bonds. The van der Waals surface area contributed by atoms with Crippen LogP contribution in [0.4, 0.5) is 9.18 Å². The fourth-order valence-corrected chi connectivity index (χ4v) is 3.71. The smallest absolute Gasteiger partial charge is 0.405 e. The second-order valence-electron chi connectivity index (χ2n) is 7.71. The molecule has 3 N–H and O–H groups in total. The lowest BCUT2D eigenvalue weighted by atomic mass is 9.93. The summed E-state index contributed by atoms with van der Waals surface area (Å²) >= 11 is 0. The first kappa shape index (κ1) is 20.4. The van der Waals surface area contributed by atoms with E-state index in [4.69, 9.17) is 9.84 Å². The van der Waals surface area contributed by atoms with Gasteiger partial charge in [-0.2, -0.15) is 0 Å². The van der Waals surface area contributed by atoms with Crippen LogP contribution < -0.4 is 15.4 Å². The van der Waals surface area contributed by atoms with Crippen molar-refractivity contribution in [3.05, 3.63) is 47.8 Å². The normalized spacial score (nSPS) is 22.8. The number of rotatable bonds is 5. The van der Waals surface area contributed by atoms with Gasteiger partial charge in [0.15, 0.2) is 0 Å². The van der Waals surface area contributed by atoms with Crippen LogP contribution in [0, 0.1) is 17.7 Å². The summed E-state index contributed by atoms with van der Waals surface area (Å²) < 4.78 is 19.4. The summed E-state index contributed by atoms with van der Waals surface area (Å²) in [6, 6.07) is 9.65. The zero-order chi connectivity index (χ0) is 19.2. The molecule has 8 heteroatoms. The minimum atomic E-state index is -1.11. The monoisotopic (exact) mass is 407 g/mol. The summed E-state index contributed by atoms with van der Waals surface area (Å²) in [7, 11) is 0. The molecule has 2 aromatic rings. The first-order valence-corrected chi connectivity index (χ1v) is 9.00. The number of carbonyl (C=O) groups is 1. The number of hydrogen-bond donors (Lipinski definition) is 3. The number of carboxylic acid groups (broad SMARTS) is 1.